The molecular weight excluding hydrogens is 346 g/mol. The summed E-state index contributed by atoms with van der Waals surface area (Å²) in [6.45, 7) is 0. The monoisotopic (exact) mass is 355 g/mol. The molecule has 0 atom stereocenters. The van der Waals surface area contributed by atoms with Gasteiger partial charge in [-0.1, -0.05) is 6.07 Å². The Bertz CT molecular complexity index is 736. The molecule has 8 heteroatoms. The predicted octanol–water partition coefficient (Wildman–Crippen LogP) is 2.52. The minimum Gasteiger partial charge on any atom is -0.478 e. The van der Waals surface area contributed by atoms with E-state index in [9.17, 15) is 14.7 Å². The first-order chi connectivity index (χ1) is 9.58. The first-order valence-electron chi connectivity index (χ1n) is 5.94. The SMILES string of the molecule is O=C(O)c1c(Br)cccc1Sc1n[nH]c(=O)n1C1CC1. The predicted molar refractivity (Wildman–Crippen MR) is 76.3 cm³/mol. The summed E-state index contributed by atoms with van der Waals surface area (Å²) in [5.41, 5.74) is -0.0721. The summed E-state index contributed by atoms with van der Waals surface area (Å²) >= 11 is 4.42. The minimum atomic E-state index is -1.02. The third-order valence-corrected chi connectivity index (χ3v) is 4.67. The zero-order chi connectivity index (χ0) is 14.3. The number of aromatic carboxylic acids is 1. The fourth-order valence-corrected chi connectivity index (χ4v) is 3.64. The number of hydrogen-bond acceptors (Lipinski definition) is 4. The van der Waals surface area contributed by atoms with E-state index < -0.39 is 5.97 Å². The van der Waals surface area contributed by atoms with Gasteiger partial charge in [0.25, 0.3) is 0 Å². The van der Waals surface area contributed by atoms with E-state index in [0.29, 0.717) is 14.5 Å². The van der Waals surface area contributed by atoms with E-state index in [1.807, 2.05) is 0 Å². The van der Waals surface area contributed by atoms with Gasteiger partial charge in [0.05, 0.1) is 5.56 Å². The molecule has 3 rings (SSSR count). The molecule has 0 saturated heterocycles. The number of aromatic nitrogens is 3. The van der Waals surface area contributed by atoms with Crippen molar-refractivity contribution in [3.63, 3.8) is 0 Å². The summed E-state index contributed by atoms with van der Waals surface area (Å²) in [6.07, 6.45) is 1.91. The van der Waals surface area contributed by atoms with Crippen molar-refractivity contribution in [1.29, 1.82) is 0 Å². The zero-order valence-corrected chi connectivity index (χ0v) is 12.6. The number of hydrogen-bond donors (Lipinski definition) is 2. The highest BCUT2D eigenvalue weighted by Crippen LogP contribution is 2.39. The van der Waals surface area contributed by atoms with Crippen LogP contribution in [-0.4, -0.2) is 25.8 Å². The molecule has 1 aromatic heterocycles. The highest BCUT2D eigenvalue weighted by atomic mass is 79.9. The molecule has 0 radical (unpaired) electrons. The van der Waals surface area contributed by atoms with Crippen LogP contribution in [0.1, 0.15) is 29.2 Å². The summed E-state index contributed by atoms with van der Waals surface area (Å²) in [5, 5.41) is 16.2. The average Bonchev–Trinajstić information content (AvgIpc) is 3.15. The standard InChI is InChI=1S/C12H10BrN3O3S/c13-7-2-1-3-8(9(7)10(17)18)20-12-15-14-11(19)16(12)6-4-5-6/h1-3,6H,4-5H2,(H,14,19)(H,17,18). The van der Waals surface area contributed by atoms with Crippen LogP contribution in [0.25, 0.3) is 0 Å². The molecule has 0 amide bonds. The molecule has 2 N–H and O–H groups in total. The highest BCUT2D eigenvalue weighted by Gasteiger charge is 2.29. The lowest BCUT2D eigenvalue weighted by molar-refractivity contribution is 0.0692. The number of carbonyl (C=O) groups is 1. The number of carboxylic acids is 1. The van der Waals surface area contributed by atoms with E-state index >= 15 is 0 Å². The summed E-state index contributed by atoms with van der Waals surface area (Å²) in [4.78, 5) is 23.6. The first kappa shape index (κ1) is 13.4. The highest BCUT2D eigenvalue weighted by molar-refractivity contribution is 9.10. The van der Waals surface area contributed by atoms with Crippen molar-refractivity contribution in [2.75, 3.05) is 0 Å². The van der Waals surface area contributed by atoms with Crippen molar-refractivity contribution in [3.05, 3.63) is 38.7 Å². The van der Waals surface area contributed by atoms with Crippen LogP contribution in [0.5, 0.6) is 0 Å². The number of halogens is 1. The Morgan fingerprint density at radius 1 is 1.50 bits per heavy atom. The molecule has 0 bridgehead atoms. The van der Waals surface area contributed by atoms with Gasteiger partial charge in [-0.3, -0.25) is 4.57 Å². The van der Waals surface area contributed by atoms with Crippen molar-refractivity contribution in [3.8, 4) is 0 Å². The Labute approximate surface area is 126 Å². The zero-order valence-electron chi connectivity index (χ0n) is 10.2. The molecule has 1 heterocycles. The summed E-state index contributed by atoms with van der Waals surface area (Å²) in [7, 11) is 0. The lowest BCUT2D eigenvalue weighted by atomic mass is 10.2. The smallest absolute Gasteiger partial charge is 0.344 e. The quantitative estimate of drug-likeness (QED) is 0.879. The Morgan fingerprint density at radius 2 is 2.25 bits per heavy atom. The Hall–Kier alpha value is -1.54. The fraction of sp³-hybridized carbons (Fsp3) is 0.250. The number of carboxylic acid groups (broad SMARTS) is 1. The summed E-state index contributed by atoms with van der Waals surface area (Å²) < 4.78 is 2.10. The maximum atomic E-state index is 11.7. The van der Waals surface area contributed by atoms with Crippen molar-refractivity contribution in [2.24, 2.45) is 0 Å². The average molecular weight is 356 g/mol. The molecule has 0 spiro atoms. The molecule has 1 aliphatic rings. The lowest BCUT2D eigenvalue weighted by Gasteiger charge is -2.07. The second kappa shape index (κ2) is 5.10. The Morgan fingerprint density at radius 3 is 2.90 bits per heavy atom. The third kappa shape index (κ3) is 2.40. The maximum absolute atomic E-state index is 11.7. The molecule has 0 aliphatic heterocycles. The molecule has 104 valence electrons. The van der Waals surface area contributed by atoms with Gasteiger partial charge < -0.3 is 5.11 Å². The Kier molecular flexibility index (Phi) is 3.43. The number of H-pyrrole nitrogens is 1. The molecule has 6 nitrogen and oxygen atoms in total. The van der Waals surface area contributed by atoms with Gasteiger partial charge in [0.1, 0.15) is 0 Å². The molecule has 0 unspecified atom stereocenters. The number of rotatable bonds is 4. The van der Waals surface area contributed by atoms with Gasteiger partial charge in [-0.15, -0.1) is 5.10 Å². The normalized spacial score (nSPS) is 14.4. The molecule has 1 saturated carbocycles. The van der Waals surface area contributed by atoms with Crippen molar-refractivity contribution >= 4 is 33.7 Å². The molecule has 20 heavy (non-hydrogen) atoms. The number of nitrogens with zero attached hydrogens (tertiary/aromatic N) is 2. The van der Waals surface area contributed by atoms with Crippen LogP contribution in [0.3, 0.4) is 0 Å². The summed E-state index contributed by atoms with van der Waals surface area (Å²) in [5.74, 6) is -1.02. The van der Waals surface area contributed by atoms with E-state index in [1.165, 1.54) is 11.8 Å². The van der Waals surface area contributed by atoms with E-state index in [4.69, 9.17) is 0 Å². The molecule has 1 fully saturated rings. The fourth-order valence-electron chi connectivity index (χ4n) is 1.91. The third-order valence-electron chi connectivity index (χ3n) is 2.97. The Balaban J connectivity index is 2.02. The maximum Gasteiger partial charge on any atom is 0.344 e. The largest absolute Gasteiger partial charge is 0.478 e. The van der Waals surface area contributed by atoms with E-state index in [-0.39, 0.29) is 17.3 Å². The molecule has 1 aromatic carbocycles. The van der Waals surface area contributed by atoms with Crippen LogP contribution >= 0.6 is 27.7 Å². The van der Waals surface area contributed by atoms with Gasteiger partial charge >= 0.3 is 11.7 Å². The number of nitrogens with one attached hydrogen (secondary N) is 1. The van der Waals surface area contributed by atoms with Crippen molar-refractivity contribution < 1.29 is 9.90 Å². The molecule has 2 aromatic rings. The van der Waals surface area contributed by atoms with Gasteiger partial charge in [0.15, 0.2) is 5.16 Å². The first-order valence-corrected chi connectivity index (χ1v) is 7.55. The number of aromatic amines is 1. The van der Waals surface area contributed by atoms with Gasteiger partial charge in [-0.05, 0) is 52.7 Å². The van der Waals surface area contributed by atoms with Crippen molar-refractivity contribution in [2.45, 2.75) is 28.9 Å². The van der Waals surface area contributed by atoms with Gasteiger partial charge in [0, 0.05) is 15.4 Å². The van der Waals surface area contributed by atoms with Crippen molar-refractivity contribution in [1.82, 2.24) is 14.8 Å². The van der Waals surface area contributed by atoms with Gasteiger partial charge in [-0.25, -0.2) is 14.7 Å². The van der Waals surface area contributed by atoms with Crippen LogP contribution in [0, 0.1) is 0 Å². The molecule has 1 aliphatic carbocycles. The second-order valence-electron chi connectivity index (χ2n) is 4.43. The topological polar surface area (TPSA) is 88.0 Å². The molecular formula is C12H10BrN3O3S. The van der Waals surface area contributed by atoms with E-state index in [2.05, 4.69) is 26.1 Å². The van der Waals surface area contributed by atoms with Crippen LogP contribution in [0.4, 0.5) is 0 Å². The van der Waals surface area contributed by atoms with Crippen LogP contribution in [0.15, 0.2) is 37.5 Å². The van der Waals surface area contributed by atoms with Gasteiger partial charge in [0.2, 0.25) is 0 Å². The van der Waals surface area contributed by atoms with Crippen LogP contribution in [-0.2, 0) is 0 Å². The second-order valence-corrected chi connectivity index (χ2v) is 6.30. The van der Waals surface area contributed by atoms with Crippen LogP contribution < -0.4 is 5.69 Å². The number of benzene rings is 1. The lowest BCUT2D eigenvalue weighted by Crippen LogP contribution is -2.16. The van der Waals surface area contributed by atoms with E-state index in [1.54, 1.807) is 22.8 Å². The van der Waals surface area contributed by atoms with E-state index in [0.717, 1.165) is 12.8 Å². The van der Waals surface area contributed by atoms with Crippen LogP contribution in [0.2, 0.25) is 0 Å². The van der Waals surface area contributed by atoms with Gasteiger partial charge in [-0.2, -0.15) is 0 Å². The minimum absolute atomic E-state index is 0.176. The summed E-state index contributed by atoms with van der Waals surface area (Å²) in [6, 6.07) is 5.32.